The molecule has 150 valence electrons. The molecule has 0 heterocycles. The molecule has 1 rings (SSSR count). The molecular weight excluding hydrogens is 455 g/mol. The van der Waals surface area contributed by atoms with Crippen LogP contribution in [-0.4, -0.2) is 36.4 Å². The summed E-state index contributed by atoms with van der Waals surface area (Å²) in [5, 5.41) is 16.6. The fourth-order valence-electron chi connectivity index (χ4n) is 2.30. The maximum atomic E-state index is 12.5. The first-order valence-electron chi connectivity index (χ1n) is 8.62. The summed E-state index contributed by atoms with van der Waals surface area (Å²) in [4.78, 5) is 4.42. The zero-order chi connectivity index (χ0) is 18.9. The Balaban J connectivity index is 0.00000625. The van der Waals surface area contributed by atoms with E-state index in [2.05, 4.69) is 20.4 Å². The molecule has 0 radical (unpaired) electrons. The van der Waals surface area contributed by atoms with Crippen LogP contribution < -0.4 is 15.4 Å². The lowest BCUT2D eigenvalue weighted by Gasteiger charge is -2.26. The van der Waals surface area contributed by atoms with Crippen LogP contribution in [0.1, 0.15) is 44.7 Å². The van der Waals surface area contributed by atoms with E-state index in [9.17, 15) is 13.9 Å². The first kappa shape index (κ1) is 24.8. The largest absolute Gasteiger partial charge is 0.434 e. The Morgan fingerprint density at radius 1 is 1.23 bits per heavy atom. The van der Waals surface area contributed by atoms with E-state index < -0.39 is 12.2 Å². The molecule has 1 aromatic carbocycles. The van der Waals surface area contributed by atoms with E-state index in [4.69, 9.17) is 0 Å². The summed E-state index contributed by atoms with van der Waals surface area (Å²) < 4.78 is 29.6. The highest BCUT2D eigenvalue weighted by Crippen LogP contribution is 2.23. The molecule has 0 aliphatic heterocycles. The van der Waals surface area contributed by atoms with Crippen LogP contribution in [0, 0.1) is 6.92 Å². The van der Waals surface area contributed by atoms with E-state index in [1.54, 1.807) is 12.1 Å². The van der Waals surface area contributed by atoms with Crippen LogP contribution in [0.15, 0.2) is 23.2 Å². The minimum atomic E-state index is -2.87. The lowest BCUT2D eigenvalue weighted by molar-refractivity contribution is -0.0504. The van der Waals surface area contributed by atoms with Crippen molar-refractivity contribution in [3.63, 3.8) is 0 Å². The maximum Gasteiger partial charge on any atom is 0.387 e. The normalized spacial score (nSPS) is 11.9. The molecule has 0 spiro atoms. The number of hydrogen-bond donors (Lipinski definition) is 3. The molecule has 0 bridgehead atoms. The molecule has 0 saturated heterocycles. The summed E-state index contributed by atoms with van der Waals surface area (Å²) >= 11 is 0. The van der Waals surface area contributed by atoms with Crippen LogP contribution in [0.4, 0.5) is 8.78 Å². The lowest BCUT2D eigenvalue weighted by Crippen LogP contribution is -2.46. The number of ether oxygens (including phenoxy) is 1. The Labute approximate surface area is 171 Å². The van der Waals surface area contributed by atoms with Crippen molar-refractivity contribution in [2.24, 2.45) is 4.99 Å². The van der Waals surface area contributed by atoms with Crippen LogP contribution in [0.2, 0.25) is 0 Å². The number of guanidine groups is 1. The Hall–Kier alpha value is -1.16. The first-order chi connectivity index (χ1) is 11.8. The predicted molar refractivity (Wildman–Crippen MR) is 112 cm³/mol. The second kappa shape index (κ2) is 12.3. The van der Waals surface area contributed by atoms with Gasteiger partial charge in [-0.2, -0.15) is 8.78 Å². The van der Waals surface area contributed by atoms with Gasteiger partial charge in [0, 0.05) is 18.7 Å². The smallest absolute Gasteiger partial charge is 0.387 e. The Kier molecular flexibility index (Phi) is 11.7. The number of aryl methyl sites for hydroxylation is 1. The van der Waals surface area contributed by atoms with Gasteiger partial charge in [-0.1, -0.05) is 31.5 Å². The highest BCUT2D eigenvalue weighted by Gasteiger charge is 2.22. The number of benzene rings is 1. The van der Waals surface area contributed by atoms with Crippen molar-refractivity contribution in [3.05, 3.63) is 29.3 Å². The topological polar surface area (TPSA) is 65.9 Å². The molecule has 0 fully saturated rings. The molecule has 0 atom stereocenters. The minimum Gasteiger partial charge on any atom is -0.434 e. The van der Waals surface area contributed by atoms with Gasteiger partial charge in [-0.15, -0.1) is 24.0 Å². The summed E-state index contributed by atoms with van der Waals surface area (Å²) in [6.07, 6.45) is 1.25. The Morgan fingerprint density at radius 3 is 2.42 bits per heavy atom. The van der Waals surface area contributed by atoms with Gasteiger partial charge in [-0.05, 0) is 32.8 Å². The highest BCUT2D eigenvalue weighted by molar-refractivity contribution is 14.0. The molecule has 3 N–H and O–H groups in total. The third kappa shape index (κ3) is 8.48. The predicted octanol–water partition coefficient (Wildman–Crippen LogP) is 3.82. The van der Waals surface area contributed by atoms with E-state index in [0.29, 0.717) is 37.5 Å². The molecule has 0 unspecified atom stereocenters. The van der Waals surface area contributed by atoms with E-state index in [-0.39, 0.29) is 36.3 Å². The number of alkyl halides is 2. The molecule has 0 amide bonds. The number of rotatable bonds is 9. The van der Waals surface area contributed by atoms with Crippen molar-refractivity contribution >= 4 is 29.9 Å². The summed E-state index contributed by atoms with van der Waals surface area (Å²) in [7, 11) is 0. The fraction of sp³-hybridized carbons (Fsp3) is 0.611. The zero-order valence-corrected chi connectivity index (χ0v) is 18.1. The summed E-state index contributed by atoms with van der Waals surface area (Å²) in [5.74, 6) is 0.645. The Morgan fingerprint density at radius 2 is 1.88 bits per heavy atom. The monoisotopic (exact) mass is 485 g/mol. The number of halogens is 3. The average molecular weight is 485 g/mol. The lowest BCUT2D eigenvalue weighted by atomic mass is 9.98. The first-order valence-corrected chi connectivity index (χ1v) is 8.62. The standard InChI is InChI=1S/C18H29F2N3O2.HI/c1-5-18(24,6-2)12-23-17(21-7-3)22-11-14-10-13(4)8-9-15(14)25-16(19)20;/h8-10,16,24H,5-7,11-12H2,1-4H3,(H2,21,22,23);1H. The van der Waals surface area contributed by atoms with Gasteiger partial charge in [0.25, 0.3) is 0 Å². The summed E-state index contributed by atoms with van der Waals surface area (Å²) in [6.45, 7) is 5.99. The number of nitrogens with one attached hydrogen (secondary N) is 2. The molecular formula is C18H30F2IN3O2. The van der Waals surface area contributed by atoms with Gasteiger partial charge in [0.1, 0.15) is 5.75 Å². The average Bonchev–Trinajstić information content (AvgIpc) is 2.58. The van der Waals surface area contributed by atoms with Gasteiger partial charge >= 0.3 is 6.61 Å². The molecule has 0 aromatic heterocycles. The van der Waals surface area contributed by atoms with Crippen LogP contribution in [-0.2, 0) is 6.54 Å². The molecule has 1 aromatic rings. The van der Waals surface area contributed by atoms with Crippen LogP contribution in [0.5, 0.6) is 5.75 Å². The second-order valence-corrected chi connectivity index (χ2v) is 5.97. The van der Waals surface area contributed by atoms with Crippen molar-refractivity contribution in [1.82, 2.24) is 10.6 Å². The van der Waals surface area contributed by atoms with E-state index >= 15 is 0 Å². The third-order valence-electron chi connectivity index (χ3n) is 4.08. The van der Waals surface area contributed by atoms with Gasteiger partial charge in [0.15, 0.2) is 5.96 Å². The molecule has 0 aliphatic rings. The maximum absolute atomic E-state index is 12.5. The molecule has 5 nitrogen and oxygen atoms in total. The van der Waals surface area contributed by atoms with E-state index in [0.717, 1.165) is 5.56 Å². The molecule has 0 aliphatic carbocycles. The fourth-order valence-corrected chi connectivity index (χ4v) is 2.30. The van der Waals surface area contributed by atoms with Crippen molar-refractivity contribution < 1.29 is 18.6 Å². The van der Waals surface area contributed by atoms with Crippen LogP contribution in [0.25, 0.3) is 0 Å². The van der Waals surface area contributed by atoms with Crippen LogP contribution >= 0.6 is 24.0 Å². The molecule has 0 saturated carbocycles. The van der Waals surface area contributed by atoms with Crippen molar-refractivity contribution in [2.75, 3.05) is 13.1 Å². The highest BCUT2D eigenvalue weighted by atomic mass is 127. The summed E-state index contributed by atoms with van der Waals surface area (Å²) in [6, 6.07) is 5.02. The number of hydrogen-bond acceptors (Lipinski definition) is 3. The van der Waals surface area contributed by atoms with Crippen LogP contribution in [0.3, 0.4) is 0 Å². The van der Waals surface area contributed by atoms with Gasteiger partial charge in [-0.25, -0.2) is 4.99 Å². The van der Waals surface area contributed by atoms with Crippen molar-refractivity contribution in [2.45, 2.75) is 59.3 Å². The Bertz CT molecular complexity index is 567. The molecule has 26 heavy (non-hydrogen) atoms. The molecule has 8 heteroatoms. The number of aliphatic imine (C=N–C) groups is 1. The van der Waals surface area contributed by atoms with Crippen molar-refractivity contribution in [3.8, 4) is 5.75 Å². The number of aliphatic hydroxyl groups is 1. The zero-order valence-electron chi connectivity index (χ0n) is 15.8. The quantitative estimate of drug-likeness (QED) is 0.283. The summed E-state index contributed by atoms with van der Waals surface area (Å²) in [5.41, 5.74) is 0.721. The van der Waals surface area contributed by atoms with Gasteiger partial charge in [0.2, 0.25) is 0 Å². The van der Waals surface area contributed by atoms with E-state index in [1.807, 2.05) is 27.7 Å². The minimum absolute atomic E-state index is 0. The van der Waals surface area contributed by atoms with Gasteiger partial charge in [0.05, 0.1) is 12.1 Å². The number of nitrogens with zero attached hydrogens (tertiary/aromatic N) is 1. The van der Waals surface area contributed by atoms with Crippen molar-refractivity contribution in [1.29, 1.82) is 0 Å². The van der Waals surface area contributed by atoms with Gasteiger partial charge < -0.3 is 20.5 Å². The third-order valence-corrected chi connectivity index (χ3v) is 4.08. The van der Waals surface area contributed by atoms with E-state index in [1.165, 1.54) is 6.07 Å². The van der Waals surface area contributed by atoms with Gasteiger partial charge in [-0.3, -0.25) is 0 Å². The SMILES string of the molecule is CCNC(=NCc1cc(C)ccc1OC(F)F)NCC(O)(CC)CC.I. The second-order valence-electron chi connectivity index (χ2n) is 5.97.